The highest BCUT2D eigenvalue weighted by atomic mass is 16.2. The van der Waals surface area contributed by atoms with Crippen molar-refractivity contribution in [2.75, 3.05) is 5.73 Å². The van der Waals surface area contributed by atoms with Crippen molar-refractivity contribution in [3.8, 4) is 0 Å². The molecule has 0 unspecified atom stereocenters. The lowest BCUT2D eigenvalue weighted by Gasteiger charge is -2.37. The van der Waals surface area contributed by atoms with E-state index in [0.717, 1.165) is 48.4 Å². The predicted molar refractivity (Wildman–Crippen MR) is 122 cm³/mol. The van der Waals surface area contributed by atoms with Gasteiger partial charge in [-0.15, -0.1) is 0 Å². The van der Waals surface area contributed by atoms with Crippen molar-refractivity contribution >= 4 is 28.4 Å². The third kappa shape index (κ3) is 4.38. The second kappa shape index (κ2) is 8.76. The van der Waals surface area contributed by atoms with Gasteiger partial charge in [-0.05, 0) is 48.4 Å². The molecule has 4 rings (SSSR count). The van der Waals surface area contributed by atoms with Gasteiger partial charge in [-0.1, -0.05) is 55.7 Å². The summed E-state index contributed by atoms with van der Waals surface area (Å²) in [7, 11) is 0. The smallest absolute Gasteiger partial charge is 0.251 e. The van der Waals surface area contributed by atoms with E-state index in [1.165, 1.54) is 0 Å². The zero-order chi connectivity index (χ0) is 21.8. The van der Waals surface area contributed by atoms with Gasteiger partial charge in [0.1, 0.15) is 5.82 Å². The zero-order valence-electron chi connectivity index (χ0n) is 17.5. The number of pyridine rings is 1. The Labute approximate surface area is 182 Å². The molecule has 31 heavy (non-hydrogen) atoms. The molecule has 6 nitrogen and oxygen atoms in total. The van der Waals surface area contributed by atoms with Gasteiger partial charge < -0.3 is 16.8 Å². The second-order valence-corrected chi connectivity index (χ2v) is 8.48. The van der Waals surface area contributed by atoms with Gasteiger partial charge in [0, 0.05) is 17.1 Å². The van der Waals surface area contributed by atoms with Crippen LogP contribution in [0.1, 0.15) is 60.5 Å². The number of nitrogens with one attached hydrogen (secondary N) is 1. The maximum atomic E-state index is 13.2. The molecule has 160 valence electrons. The summed E-state index contributed by atoms with van der Waals surface area (Å²) in [5.74, 6) is -0.0944. The van der Waals surface area contributed by atoms with Gasteiger partial charge in [0.25, 0.3) is 5.91 Å². The first-order valence-electron chi connectivity index (χ1n) is 10.8. The number of aromatic nitrogens is 1. The molecule has 0 saturated heterocycles. The molecule has 1 aliphatic carbocycles. The summed E-state index contributed by atoms with van der Waals surface area (Å²) in [6, 6.07) is 16.7. The minimum Gasteiger partial charge on any atom is -0.383 e. The van der Waals surface area contributed by atoms with Crippen LogP contribution < -0.4 is 16.8 Å². The van der Waals surface area contributed by atoms with E-state index in [9.17, 15) is 9.59 Å². The average Bonchev–Trinajstić information content (AvgIpc) is 2.80. The number of nitrogens with two attached hydrogens (primary N) is 2. The molecule has 1 heterocycles. The number of primary amides is 1. The highest BCUT2D eigenvalue weighted by Crippen LogP contribution is 2.43. The molecule has 2 aromatic carbocycles. The number of nitrogens with zero attached hydrogens (tertiary/aromatic N) is 1. The van der Waals surface area contributed by atoms with E-state index in [1.54, 1.807) is 18.3 Å². The molecule has 0 bridgehead atoms. The van der Waals surface area contributed by atoms with Crippen molar-refractivity contribution in [2.45, 2.75) is 44.6 Å². The summed E-state index contributed by atoms with van der Waals surface area (Å²) in [5.41, 5.74) is 12.7. The Bertz CT molecular complexity index is 1090. The SMILES string of the molecule is NC(=O)C1(C[C@@H](NC(=O)c2ccc3ccnc(N)c3c2)c2ccccc2)CCCCC1. The quantitative estimate of drug-likeness (QED) is 0.561. The first-order valence-corrected chi connectivity index (χ1v) is 10.8. The monoisotopic (exact) mass is 416 g/mol. The molecule has 0 spiro atoms. The summed E-state index contributed by atoms with van der Waals surface area (Å²) >= 11 is 0. The lowest BCUT2D eigenvalue weighted by molar-refractivity contribution is -0.130. The Kier molecular flexibility index (Phi) is 5.89. The zero-order valence-corrected chi connectivity index (χ0v) is 17.5. The summed E-state index contributed by atoms with van der Waals surface area (Å²) < 4.78 is 0. The number of carbonyl (C=O) groups excluding carboxylic acids is 2. The van der Waals surface area contributed by atoms with Crippen LogP contribution in [-0.4, -0.2) is 16.8 Å². The molecule has 0 radical (unpaired) electrons. The fourth-order valence-electron chi connectivity index (χ4n) is 4.68. The first-order chi connectivity index (χ1) is 15.0. The maximum Gasteiger partial charge on any atom is 0.251 e. The van der Waals surface area contributed by atoms with Crippen LogP contribution in [0.2, 0.25) is 0 Å². The standard InChI is InChI=1S/C25H28N4O2/c26-22-20-15-19(10-9-17(20)11-14-28-22)23(30)29-21(18-7-3-1-4-8-18)16-25(24(27)31)12-5-2-6-13-25/h1,3-4,7-11,14-15,21H,2,5-6,12-13,16H2,(H2,26,28)(H2,27,31)(H,29,30)/t21-/m1/s1. The Hall–Kier alpha value is -3.41. The summed E-state index contributed by atoms with van der Waals surface area (Å²) in [5, 5.41) is 4.82. The fourth-order valence-corrected chi connectivity index (χ4v) is 4.68. The topological polar surface area (TPSA) is 111 Å². The molecule has 3 aromatic rings. The normalized spacial score (nSPS) is 16.5. The molecule has 1 aliphatic rings. The van der Waals surface area contributed by atoms with Gasteiger partial charge in [-0.25, -0.2) is 4.98 Å². The molecule has 1 aromatic heterocycles. The van der Waals surface area contributed by atoms with Crippen LogP contribution in [0.4, 0.5) is 5.82 Å². The molecule has 0 aliphatic heterocycles. The van der Waals surface area contributed by atoms with Crippen molar-refractivity contribution < 1.29 is 9.59 Å². The summed E-state index contributed by atoms with van der Waals surface area (Å²) in [6.07, 6.45) is 6.75. The van der Waals surface area contributed by atoms with Crippen LogP contribution in [0, 0.1) is 5.41 Å². The molecular weight excluding hydrogens is 388 g/mol. The minimum atomic E-state index is -0.593. The summed E-state index contributed by atoms with van der Waals surface area (Å²) in [6.45, 7) is 0. The molecule has 1 saturated carbocycles. The van der Waals surface area contributed by atoms with E-state index in [1.807, 2.05) is 42.5 Å². The van der Waals surface area contributed by atoms with Gasteiger partial charge in [-0.3, -0.25) is 9.59 Å². The Morgan fingerprint density at radius 3 is 2.48 bits per heavy atom. The van der Waals surface area contributed by atoms with E-state index >= 15 is 0 Å². The number of benzene rings is 2. The van der Waals surface area contributed by atoms with Gasteiger partial charge >= 0.3 is 0 Å². The van der Waals surface area contributed by atoms with E-state index in [4.69, 9.17) is 11.5 Å². The Balaban J connectivity index is 1.64. The van der Waals surface area contributed by atoms with Crippen LogP contribution in [0.15, 0.2) is 60.8 Å². The lowest BCUT2D eigenvalue weighted by atomic mass is 9.69. The molecule has 2 amide bonds. The minimum absolute atomic E-state index is 0.213. The number of rotatable bonds is 6. The Morgan fingerprint density at radius 2 is 1.77 bits per heavy atom. The number of nitrogen functional groups attached to an aromatic ring is 1. The lowest BCUT2D eigenvalue weighted by Crippen LogP contribution is -2.43. The van der Waals surface area contributed by atoms with E-state index in [0.29, 0.717) is 17.8 Å². The predicted octanol–water partition coefficient (Wildman–Crippen LogP) is 4.11. The second-order valence-electron chi connectivity index (χ2n) is 8.48. The fraction of sp³-hybridized carbons (Fsp3) is 0.320. The van der Waals surface area contributed by atoms with Crippen LogP contribution in [0.3, 0.4) is 0 Å². The van der Waals surface area contributed by atoms with E-state index in [2.05, 4.69) is 10.3 Å². The number of amides is 2. The third-order valence-electron chi connectivity index (χ3n) is 6.49. The van der Waals surface area contributed by atoms with Crippen molar-refractivity contribution in [1.82, 2.24) is 10.3 Å². The van der Waals surface area contributed by atoms with Crippen molar-refractivity contribution in [2.24, 2.45) is 11.1 Å². The average molecular weight is 417 g/mol. The highest BCUT2D eigenvalue weighted by Gasteiger charge is 2.40. The van der Waals surface area contributed by atoms with Crippen LogP contribution in [0.25, 0.3) is 10.8 Å². The van der Waals surface area contributed by atoms with E-state index in [-0.39, 0.29) is 17.9 Å². The van der Waals surface area contributed by atoms with Crippen LogP contribution in [0.5, 0.6) is 0 Å². The van der Waals surface area contributed by atoms with Crippen LogP contribution in [-0.2, 0) is 4.79 Å². The molecule has 6 heteroatoms. The Morgan fingerprint density at radius 1 is 1.03 bits per heavy atom. The summed E-state index contributed by atoms with van der Waals surface area (Å²) in [4.78, 5) is 29.8. The van der Waals surface area contributed by atoms with E-state index < -0.39 is 5.41 Å². The van der Waals surface area contributed by atoms with Crippen molar-refractivity contribution in [1.29, 1.82) is 0 Å². The third-order valence-corrected chi connectivity index (χ3v) is 6.49. The van der Waals surface area contributed by atoms with Gasteiger partial charge in [0.15, 0.2) is 0 Å². The largest absolute Gasteiger partial charge is 0.383 e. The first kappa shape index (κ1) is 20.8. The number of hydrogen-bond acceptors (Lipinski definition) is 4. The molecule has 1 atom stereocenters. The maximum absolute atomic E-state index is 13.2. The number of carbonyl (C=O) groups is 2. The molecule has 1 fully saturated rings. The number of fused-ring (bicyclic) bond motifs is 1. The van der Waals surface area contributed by atoms with Gasteiger partial charge in [0.2, 0.25) is 5.91 Å². The highest BCUT2D eigenvalue weighted by molar-refractivity contribution is 6.01. The van der Waals surface area contributed by atoms with Gasteiger partial charge in [-0.2, -0.15) is 0 Å². The van der Waals surface area contributed by atoms with Crippen molar-refractivity contribution in [3.63, 3.8) is 0 Å². The van der Waals surface area contributed by atoms with Crippen molar-refractivity contribution in [3.05, 3.63) is 71.9 Å². The molecule has 5 N–H and O–H groups in total. The molecular formula is C25H28N4O2. The van der Waals surface area contributed by atoms with Crippen LogP contribution >= 0.6 is 0 Å². The number of anilines is 1. The number of hydrogen-bond donors (Lipinski definition) is 3. The van der Waals surface area contributed by atoms with Gasteiger partial charge in [0.05, 0.1) is 11.5 Å².